The number of benzene rings is 6. The van der Waals surface area contributed by atoms with Crippen molar-refractivity contribution in [1.82, 2.24) is 29.9 Å². The summed E-state index contributed by atoms with van der Waals surface area (Å²) in [5, 5.41) is 0. The maximum atomic E-state index is 5.98. The van der Waals surface area contributed by atoms with Gasteiger partial charge in [0.2, 0.25) is 0 Å². The van der Waals surface area contributed by atoms with Gasteiger partial charge >= 0.3 is 0 Å². The van der Waals surface area contributed by atoms with Gasteiger partial charge in [0, 0.05) is 34.2 Å². The molecule has 0 saturated carbocycles. The van der Waals surface area contributed by atoms with Gasteiger partial charge in [-0.15, -0.1) is 0 Å². The minimum atomic E-state index is 0.580. The Bertz CT molecular complexity index is 2630. The van der Waals surface area contributed by atoms with E-state index in [-0.39, 0.29) is 0 Å². The third-order valence-electron chi connectivity index (χ3n) is 8.87. The SMILES string of the molecule is CCc1nc2ccc(-c3cccc(-c4nc5ccccc5nc4-c4cccc(-c5nc(-c6ccccc6)nc(-c6ccccc6)n5)c4)c3)cc2o1. The molecule has 0 unspecified atom stereocenters. The summed E-state index contributed by atoms with van der Waals surface area (Å²) in [6.45, 7) is 2.04. The van der Waals surface area contributed by atoms with E-state index in [1.807, 2.05) is 110 Å². The highest BCUT2D eigenvalue weighted by atomic mass is 16.3. The van der Waals surface area contributed by atoms with Crippen molar-refractivity contribution in [2.75, 3.05) is 0 Å². The predicted molar refractivity (Wildman–Crippen MR) is 202 cm³/mol. The minimum Gasteiger partial charge on any atom is -0.441 e. The number of hydrogen-bond acceptors (Lipinski definition) is 7. The molecule has 0 spiro atoms. The Labute approximate surface area is 294 Å². The van der Waals surface area contributed by atoms with Crippen LogP contribution < -0.4 is 0 Å². The summed E-state index contributed by atoms with van der Waals surface area (Å²) in [5.74, 6) is 2.54. The number of aromatic nitrogens is 6. The molecule has 3 aromatic heterocycles. The van der Waals surface area contributed by atoms with Gasteiger partial charge in [-0.25, -0.2) is 29.9 Å². The van der Waals surface area contributed by atoms with Crippen LogP contribution in [0.5, 0.6) is 0 Å². The summed E-state index contributed by atoms with van der Waals surface area (Å²) < 4.78 is 5.98. The lowest BCUT2D eigenvalue weighted by molar-refractivity contribution is 0.538. The normalized spacial score (nSPS) is 11.3. The van der Waals surface area contributed by atoms with E-state index in [2.05, 4.69) is 53.5 Å². The third-order valence-corrected chi connectivity index (χ3v) is 8.87. The van der Waals surface area contributed by atoms with Gasteiger partial charge in [0.25, 0.3) is 0 Å². The van der Waals surface area contributed by atoms with Crippen LogP contribution in [0.2, 0.25) is 0 Å². The zero-order chi connectivity index (χ0) is 34.1. The zero-order valence-corrected chi connectivity index (χ0v) is 27.7. The Kier molecular flexibility index (Phi) is 7.63. The predicted octanol–water partition coefficient (Wildman–Crippen LogP) is 10.5. The van der Waals surface area contributed by atoms with Crippen LogP contribution in [0, 0.1) is 0 Å². The number of hydrogen-bond donors (Lipinski definition) is 0. The second-order valence-electron chi connectivity index (χ2n) is 12.3. The van der Waals surface area contributed by atoms with E-state index in [1.165, 1.54) is 0 Å². The molecule has 242 valence electrons. The van der Waals surface area contributed by atoms with Crippen molar-refractivity contribution in [3.8, 4) is 67.8 Å². The fourth-order valence-corrected chi connectivity index (χ4v) is 6.30. The van der Waals surface area contributed by atoms with Crippen LogP contribution >= 0.6 is 0 Å². The van der Waals surface area contributed by atoms with Gasteiger partial charge in [0.1, 0.15) is 5.52 Å². The Balaban J connectivity index is 1.18. The first-order valence-corrected chi connectivity index (χ1v) is 16.9. The van der Waals surface area contributed by atoms with Crippen molar-refractivity contribution in [2.24, 2.45) is 0 Å². The second-order valence-corrected chi connectivity index (χ2v) is 12.3. The second kappa shape index (κ2) is 12.9. The molecule has 0 aliphatic heterocycles. The van der Waals surface area contributed by atoms with Gasteiger partial charge in [-0.05, 0) is 47.5 Å². The van der Waals surface area contributed by atoms with Crippen molar-refractivity contribution in [2.45, 2.75) is 13.3 Å². The summed E-state index contributed by atoms with van der Waals surface area (Å²) in [6.07, 6.45) is 0.750. The van der Waals surface area contributed by atoms with E-state index < -0.39 is 0 Å². The van der Waals surface area contributed by atoms with Crippen LogP contribution in [0.3, 0.4) is 0 Å². The van der Waals surface area contributed by atoms with Crippen LogP contribution in [0.1, 0.15) is 12.8 Å². The summed E-state index contributed by atoms with van der Waals surface area (Å²) in [4.78, 5) is 29.8. The smallest absolute Gasteiger partial charge is 0.195 e. The lowest BCUT2D eigenvalue weighted by Gasteiger charge is -2.13. The molecule has 51 heavy (non-hydrogen) atoms. The number of fused-ring (bicyclic) bond motifs is 2. The number of aryl methyl sites for hydroxylation is 1. The molecular weight excluding hydrogens is 629 g/mol. The number of oxazole rings is 1. The maximum absolute atomic E-state index is 5.98. The van der Waals surface area contributed by atoms with E-state index in [0.717, 1.165) is 84.8 Å². The first kappa shape index (κ1) is 30.2. The standard InChI is InChI=1S/C44H30N6O/c1-2-39-45-37-24-23-31(27-38(37)51-39)30-17-11-18-32(25-30)40-41(47-36-22-10-9-21-35(36)46-40)33-19-12-20-34(26-33)44-49-42(28-13-5-3-6-14-28)48-43(50-44)29-15-7-4-8-16-29/h3-27H,2H2,1H3. The average Bonchev–Trinajstić information content (AvgIpc) is 3.64. The fraction of sp³-hybridized carbons (Fsp3) is 0.0455. The van der Waals surface area contributed by atoms with Crippen molar-refractivity contribution >= 4 is 22.1 Å². The van der Waals surface area contributed by atoms with E-state index in [0.29, 0.717) is 17.5 Å². The largest absolute Gasteiger partial charge is 0.441 e. The molecule has 0 aliphatic carbocycles. The minimum absolute atomic E-state index is 0.580. The zero-order valence-electron chi connectivity index (χ0n) is 27.7. The van der Waals surface area contributed by atoms with Gasteiger partial charge in [-0.3, -0.25) is 0 Å². The topological polar surface area (TPSA) is 90.5 Å². The molecule has 7 nitrogen and oxygen atoms in total. The molecule has 0 aliphatic rings. The molecular formula is C44H30N6O. The van der Waals surface area contributed by atoms with Gasteiger partial charge in [-0.2, -0.15) is 0 Å². The molecule has 9 aromatic rings. The van der Waals surface area contributed by atoms with Crippen molar-refractivity contribution in [3.05, 3.63) is 158 Å². The van der Waals surface area contributed by atoms with Crippen molar-refractivity contribution in [3.63, 3.8) is 0 Å². The van der Waals surface area contributed by atoms with E-state index >= 15 is 0 Å². The monoisotopic (exact) mass is 658 g/mol. The Morgan fingerprint density at radius 2 is 0.843 bits per heavy atom. The number of nitrogens with zero attached hydrogens (tertiary/aromatic N) is 6. The summed E-state index contributed by atoms with van der Waals surface area (Å²) in [7, 11) is 0. The molecule has 0 saturated heterocycles. The Morgan fingerprint density at radius 3 is 1.43 bits per heavy atom. The molecule has 0 N–H and O–H groups in total. The molecule has 0 bridgehead atoms. The first-order valence-electron chi connectivity index (χ1n) is 16.9. The Hall–Kier alpha value is -6.86. The van der Waals surface area contributed by atoms with E-state index in [1.54, 1.807) is 0 Å². The first-order chi connectivity index (χ1) is 25.2. The number of rotatable bonds is 7. The van der Waals surface area contributed by atoms with E-state index in [4.69, 9.17) is 29.3 Å². The molecule has 0 fully saturated rings. The molecule has 0 atom stereocenters. The van der Waals surface area contributed by atoms with Crippen molar-refractivity contribution in [1.29, 1.82) is 0 Å². The van der Waals surface area contributed by atoms with Crippen LogP contribution in [0.15, 0.2) is 156 Å². The quantitative estimate of drug-likeness (QED) is 0.168. The van der Waals surface area contributed by atoms with Crippen LogP contribution in [-0.4, -0.2) is 29.9 Å². The van der Waals surface area contributed by atoms with Gasteiger partial charge in [-0.1, -0.05) is 122 Å². The van der Waals surface area contributed by atoms with Crippen LogP contribution in [0.4, 0.5) is 0 Å². The van der Waals surface area contributed by atoms with Gasteiger partial charge in [0.05, 0.1) is 22.4 Å². The van der Waals surface area contributed by atoms with Crippen molar-refractivity contribution < 1.29 is 4.42 Å². The molecule has 9 rings (SSSR count). The third kappa shape index (κ3) is 5.91. The molecule has 0 radical (unpaired) electrons. The van der Waals surface area contributed by atoms with Crippen LogP contribution in [0.25, 0.3) is 89.9 Å². The van der Waals surface area contributed by atoms with Gasteiger partial charge in [0.15, 0.2) is 28.9 Å². The summed E-state index contributed by atoms with van der Waals surface area (Å²) >= 11 is 0. The average molecular weight is 659 g/mol. The molecule has 3 heterocycles. The lowest BCUT2D eigenvalue weighted by atomic mass is 9.98. The molecule has 6 aromatic carbocycles. The Morgan fingerprint density at radius 1 is 0.373 bits per heavy atom. The highest BCUT2D eigenvalue weighted by Gasteiger charge is 2.17. The van der Waals surface area contributed by atoms with Crippen LogP contribution in [-0.2, 0) is 6.42 Å². The fourth-order valence-electron chi connectivity index (χ4n) is 6.30. The van der Waals surface area contributed by atoms with E-state index in [9.17, 15) is 0 Å². The summed E-state index contributed by atoms with van der Waals surface area (Å²) in [5.41, 5.74) is 11.5. The lowest BCUT2D eigenvalue weighted by Crippen LogP contribution is -2.00. The maximum Gasteiger partial charge on any atom is 0.195 e. The highest BCUT2D eigenvalue weighted by molar-refractivity contribution is 5.89. The highest BCUT2D eigenvalue weighted by Crippen LogP contribution is 2.36. The number of para-hydroxylation sites is 2. The van der Waals surface area contributed by atoms with Gasteiger partial charge < -0.3 is 4.42 Å². The molecule has 0 amide bonds. The molecule has 7 heteroatoms. The summed E-state index contributed by atoms with van der Waals surface area (Å²) in [6, 6.07) is 50.7.